The second-order valence-electron chi connectivity index (χ2n) is 6.38. The summed E-state index contributed by atoms with van der Waals surface area (Å²) in [5.41, 5.74) is 14.6. The smallest absolute Gasteiger partial charge is 0.223 e. The molecule has 0 amide bonds. The van der Waals surface area contributed by atoms with Crippen molar-refractivity contribution in [3.63, 3.8) is 0 Å². The Morgan fingerprint density at radius 1 is 1.14 bits per heavy atom. The monoisotopic (exact) mass is 384 g/mol. The fourth-order valence-corrected chi connectivity index (χ4v) is 2.89. The van der Waals surface area contributed by atoms with Crippen molar-refractivity contribution in [3.8, 4) is 0 Å². The molecule has 2 aromatic carbocycles. The van der Waals surface area contributed by atoms with Gasteiger partial charge in [-0.25, -0.2) is 9.38 Å². The largest absolute Gasteiger partial charge is 0.378 e. The first kappa shape index (κ1) is 19.6. The summed E-state index contributed by atoms with van der Waals surface area (Å²) in [6.07, 6.45) is 0.746. The van der Waals surface area contributed by atoms with E-state index in [0.717, 1.165) is 49.7 Å². The normalized spacial score (nSPS) is 15.6. The number of anilines is 2. The molecule has 0 spiro atoms. The van der Waals surface area contributed by atoms with Gasteiger partial charge < -0.3 is 26.4 Å². The molecule has 2 aromatic rings. The summed E-state index contributed by atoms with van der Waals surface area (Å²) < 4.78 is 19.4. The number of nitrogens with zero attached hydrogens (tertiary/aromatic N) is 3. The quantitative estimate of drug-likeness (QED) is 0.556. The third-order valence-corrected chi connectivity index (χ3v) is 4.41. The van der Waals surface area contributed by atoms with Crippen molar-refractivity contribution in [2.24, 2.45) is 21.5 Å². The number of rotatable bonds is 4. The molecule has 0 aromatic heterocycles. The van der Waals surface area contributed by atoms with Crippen LogP contribution in [-0.2, 0) is 11.2 Å². The van der Waals surface area contributed by atoms with E-state index in [2.05, 4.69) is 20.2 Å². The summed E-state index contributed by atoms with van der Waals surface area (Å²) in [6.45, 7) is 5.18. The van der Waals surface area contributed by atoms with E-state index in [1.54, 1.807) is 12.1 Å². The van der Waals surface area contributed by atoms with E-state index >= 15 is 0 Å². The summed E-state index contributed by atoms with van der Waals surface area (Å²) in [6, 6.07) is 12.6. The van der Waals surface area contributed by atoms with Gasteiger partial charge in [0.2, 0.25) is 11.9 Å². The van der Waals surface area contributed by atoms with Gasteiger partial charge in [-0.05, 0) is 48.4 Å². The molecule has 0 atom stereocenters. The average Bonchev–Trinajstić information content (AvgIpc) is 2.70. The zero-order valence-electron chi connectivity index (χ0n) is 15.9. The molecule has 0 radical (unpaired) electrons. The first-order valence-corrected chi connectivity index (χ1v) is 9.21. The van der Waals surface area contributed by atoms with Crippen LogP contribution >= 0.6 is 0 Å². The summed E-state index contributed by atoms with van der Waals surface area (Å²) >= 11 is 0. The van der Waals surface area contributed by atoms with E-state index in [1.807, 2.05) is 31.2 Å². The molecule has 1 heterocycles. The minimum absolute atomic E-state index is 0.0750. The number of ether oxygens (including phenoxy) is 1. The highest BCUT2D eigenvalue weighted by molar-refractivity contribution is 6.01. The molecule has 28 heavy (non-hydrogen) atoms. The van der Waals surface area contributed by atoms with Gasteiger partial charge in [0.25, 0.3) is 0 Å². The molecule has 148 valence electrons. The van der Waals surface area contributed by atoms with Crippen molar-refractivity contribution in [1.29, 1.82) is 0 Å². The number of halogens is 1. The molecule has 3 rings (SSSR count). The van der Waals surface area contributed by atoms with Gasteiger partial charge in [0.05, 0.1) is 13.2 Å². The molecule has 1 saturated heterocycles. The number of benzene rings is 2. The molecule has 0 bridgehead atoms. The van der Waals surface area contributed by atoms with E-state index in [9.17, 15) is 4.39 Å². The van der Waals surface area contributed by atoms with Crippen LogP contribution in [0.1, 0.15) is 12.5 Å². The topological polar surface area (TPSA) is 101 Å². The second kappa shape index (κ2) is 9.18. The predicted molar refractivity (Wildman–Crippen MR) is 112 cm³/mol. The van der Waals surface area contributed by atoms with Crippen LogP contribution in [-0.4, -0.2) is 38.2 Å². The molecule has 0 aliphatic carbocycles. The van der Waals surface area contributed by atoms with Gasteiger partial charge in [-0.2, -0.15) is 4.99 Å². The van der Waals surface area contributed by atoms with Crippen molar-refractivity contribution in [2.75, 3.05) is 36.5 Å². The first-order chi connectivity index (χ1) is 13.5. The Balaban J connectivity index is 1.64. The third kappa shape index (κ3) is 5.20. The molecule has 1 aliphatic rings. The lowest BCUT2D eigenvalue weighted by atomic mass is 10.1. The van der Waals surface area contributed by atoms with Crippen LogP contribution in [0.15, 0.2) is 52.4 Å². The fraction of sp³-hybridized carbons (Fsp3) is 0.300. The molecule has 8 heteroatoms. The van der Waals surface area contributed by atoms with E-state index in [4.69, 9.17) is 16.2 Å². The van der Waals surface area contributed by atoms with Crippen LogP contribution < -0.4 is 21.7 Å². The lowest BCUT2D eigenvalue weighted by Crippen LogP contribution is -2.36. The lowest BCUT2D eigenvalue weighted by Gasteiger charge is -2.28. The van der Waals surface area contributed by atoms with E-state index in [-0.39, 0.29) is 17.6 Å². The van der Waals surface area contributed by atoms with E-state index in [0.29, 0.717) is 0 Å². The number of hydrogen-bond donors (Lipinski definition) is 3. The number of nitrogens with two attached hydrogens (primary N) is 2. The Morgan fingerprint density at radius 2 is 1.86 bits per heavy atom. The standard InChI is InChI=1S/C20H25FN6O/c1-2-14-3-8-18(17(21)13-14)25-20(23)26-19(22)24-15-4-6-16(7-5-15)27-9-11-28-12-10-27/h3-8,13H,2,9-12H2,1H3,(H5,22,23,24,25,26). The second-order valence-corrected chi connectivity index (χ2v) is 6.38. The van der Waals surface area contributed by atoms with Gasteiger partial charge in [0.1, 0.15) is 11.5 Å². The van der Waals surface area contributed by atoms with Gasteiger partial charge in [-0.1, -0.05) is 13.0 Å². The maximum absolute atomic E-state index is 14.0. The molecule has 0 unspecified atom stereocenters. The molecular weight excluding hydrogens is 359 g/mol. The van der Waals surface area contributed by atoms with Gasteiger partial charge in [-0.3, -0.25) is 0 Å². The molecule has 1 aliphatic heterocycles. The van der Waals surface area contributed by atoms with Crippen LogP contribution in [0.25, 0.3) is 0 Å². The maximum atomic E-state index is 14.0. The number of aliphatic imine (C=N–C) groups is 2. The zero-order valence-corrected chi connectivity index (χ0v) is 15.9. The number of aryl methyl sites for hydroxylation is 1. The van der Waals surface area contributed by atoms with Crippen molar-refractivity contribution in [3.05, 3.63) is 53.8 Å². The van der Waals surface area contributed by atoms with Crippen molar-refractivity contribution in [1.82, 2.24) is 0 Å². The van der Waals surface area contributed by atoms with E-state index < -0.39 is 5.82 Å². The lowest BCUT2D eigenvalue weighted by molar-refractivity contribution is 0.122. The summed E-state index contributed by atoms with van der Waals surface area (Å²) in [7, 11) is 0. The van der Waals surface area contributed by atoms with Gasteiger partial charge >= 0.3 is 0 Å². The number of nitrogens with one attached hydrogen (secondary N) is 1. The SMILES string of the molecule is CCc1ccc(N=C(N)N=C(N)Nc2ccc(N3CCOCC3)cc2)c(F)c1. The van der Waals surface area contributed by atoms with Crippen LogP contribution in [0.4, 0.5) is 21.5 Å². The number of morpholine rings is 1. The predicted octanol–water partition coefficient (Wildman–Crippen LogP) is 2.60. The van der Waals surface area contributed by atoms with Crippen molar-refractivity contribution < 1.29 is 9.13 Å². The van der Waals surface area contributed by atoms with Crippen LogP contribution in [0, 0.1) is 5.82 Å². The first-order valence-electron chi connectivity index (χ1n) is 9.21. The molecule has 5 N–H and O–H groups in total. The Morgan fingerprint density at radius 3 is 2.50 bits per heavy atom. The Bertz CT molecular complexity index is 859. The highest BCUT2D eigenvalue weighted by Crippen LogP contribution is 2.20. The van der Waals surface area contributed by atoms with Crippen molar-refractivity contribution in [2.45, 2.75) is 13.3 Å². The molecule has 1 fully saturated rings. The van der Waals surface area contributed by atoms with Crippen LogP contribution in [0.3, 0.4) is 0 Å². The summed E-state index contributed by atoms with van der Waals surface area (Å²) in [5.74, 6) is -0.494. The summed E-state index contributed by atoms with van der Waals surface area (Å²) in [4.78, 5) is 10.2. The Labute approximate surface area is 163 Å². The van der Waals surface area contributed by atoms with Gasteiger partial charge in [-0.15, -0.1) is 0 Å². The number of hydrogen-bond acceptors (Lipinski definition) is 3. The highest BCUT2D eigenvalue weighted by atomic mass is 19.1. The van der Waals surface area contributed by atoms with Crippen molar-refractivity contribution >= 4 is 29.0 Å². The average molecular weight is 384 g/mol. The third-order valence-electron chi connectivity index (χ3n) is 4.41. The van der Waals surface area contributed by atoms with Gasteiger partial charge in [0, 0.05) is 24.5 Å². The number of guanidine groups is 2. The summed E-state index contributed by atoms with van der Waals surface area (Å²) in [5, 5.41) is 2.95. The van der Waals surface area contributed by atoms with Crippen LogP contribution in [0.5, 0.6) is 0 Å². The molecule has 7 nitrogen and oxygen atoms in total. The minimum atomic E-state index is -0.442. The zero-order chi connectivity index (χ0) is 19.9. The maximum Gasteiger partial charge on any atom is 0.223 e. The Hall–Kier alpha value is -3.13. The minimum Gasteiger partial charge on any atom is -0.378 e. The molecular formula is C20H25FN6O. The van der Waals surface area contributed by atoms with E-state index in [1.165, 1.54) is 6.07 Å². The van der Waals surface area contributed by atoms with Crippen LogP contribution in [0.2, 0.25) is 0 Å². The van der Waals surface area contributed by atoms with Gasteiger partial charge in [0.15, 0.2) is 0 Å². The molecule has 0 saturated carbocycles. The fourth-order valence-electron chi connectivity index (χ4n) is 2.89. The Kier molecular flexibility index (Phi) is 6.44. The highest BCUT2D eigenvalue weighted by Gasteiger charge is 2.10.